The summed E-state index contributed by atoms with van der Waals surface area (Å²) in [6.45, 7) is 2.08. The number of benzene rings is 1. The molecule has 1 aliphatic rings. The van der Waals surface area contributed by atoms with Crippen LogP contribution < -0.4 is 15.2 Å². The van der Waals surface area contributed by atoms with Gasteiger partial charge in [0.2, 0.25) is 0 Å². The molecule has 4 aromatic rings. The Balaban J connectivity index is 1.91. The van der Waals surface area contributed by atoms with Gasteiger partial charge in [0, 0.05) is 43.2 Å². The lowest BCUT2D eigenvalue weighted by molar-refractivity contribution is 0.286. The van der Waals surface area contributed by atoms with Crippen molar-refractivity contribution in [2.45, 2.75) is 18.9 Å². The minimum Gasteiger partial charge on any atom is -0.496 e. The molecule has 0 radical (unpaired) electrons. The summed E-state index contributed by atoms with van der Waals surface area (Å²) in [5, 5.41) is 7.00. The molecule has 1 aliphatic heterocycles. The van der Waals surface area contributed by atoms with E-state index in [-0.39, 0.29) is 23.4 Å². The van der Waals surface area contributed by atoms with Gasteiger partial charge in [0.25, 0.3) is 0 Å². The van der Waals surface area contributed by atoms with Crippen LogP contribution >= 0.6 is 0 Å². The first-order valence-corrected chi connectivity index (χ1v) is 10.4. The van der Waals surface area contributed by atoms with Gasteiger partial charge in [-0.3, -0.25) is 24.1 Å². The zero-order valence-corrected chi connectivity index (χ0v) is 18.9. The largest absolute Gasteiger partial charge is 0.496 e. The van der Waals surface area contributed by atoms with Gasteiger partial charge >= 0.3 is 5.69 Å². The molecule has 0 aliphatic carbocycles. The molecule has 0 saturated heterocycles. The van der Waals surface area contributed by atoms with Gasteiger partial charge in [-0.1, -0.05) is 0 Å². The maximum atomic E-state index is 15.0. The maximum absolute atomic E-state index is 15.0. The number of hydrogen-bond donors (Lipinski definition) is 0. The van der Waals surface area contributed by atoms with Gasteiger partial charge in [-0.25, -0.2) is 9.18 Å². The van der Waals surface area contributed by atoms with E-state index in [0.717, 1.165) is 11.8 Å². The highest BCUT2D eigenvalue weighted by atomic mass is 19.1. The molecule has 170 valence electrons. The van der Waals surface area contributed by atoms with Crippen LogP contribution in [0.3, 0.4) is 0 Å². The number of likely N-dealkylation sites (N-methyl/N-ethyl adjacent to an activating group) is 1. The number of fused-ring (bicyclic) bond motifs is 3. The molecular weight excluding hydrogens is 427 g/mol. The minimum absolute atomic E-state index is 0.00324. The Morgan fingerprint density at radius 3 is 2.48 bits per heavy atom. The standard InChI is InChI=1S/C23H23FN6O3/c1-12-15(8-27-29(12)3)13-6-14-17(7-19(13)32-4)26-10-18-21(14)30(23(31)28(18)2)22-16(24)9-25-11-20(22)33-5/h6-12,15H,1-5H3. The Hall–Kier alpha value is -3.95. The van der Waals surface area contributed by atoms with Crippen molar-refractivity contribution in [2.24, 2.45) is 12.1 Å². The van der Waals surface area contributed by atoms with Crippen LogP contribution in [0.2, 0.25) is 0 Å². The SMILES string of the molecule is COc1cc2ncc3c(c2cc1C1C=NN(C)C1C)n(-c1c(F)cncc1OC)c(=O)n3C. The monoisotopic (exact) mass is 450 g/mol. The molecule has 0 bridgehead atoms. The quantitative estimate of drug-likeness (QED) is 0.475. The molecule has 2 unspecified atom stereocenters. The van der Waals surface area contributed by atoms with Crippen LogP contribution in [-0.2, 0) is 7.05 Å². The van der Waals surface area contributed by atoms with Crippen LogP contribution in [0.4, 0.5) is 4.39 Å². The number of pyridine rings is 2. The van der Waals surface area contributed by atoms with Crippen molar-refractivity contribution in [2.75, 3.05) is 21.3 Å². The fourth-order valence-corrected chi connectivity index (χ4v) is 4.44. The Bertz CT molecular complexity index is 1490. The lowest BCUT2D eigenvalue weighted by Crippen LogP contribution is -2.24. The van der Waals surface area contributed by atoms with Crippen molar-refractivity contribution in [1.82, 2.24) is 24.1 Å². The van der Waals surface area contributed by atoms with Crippen molar-refractivity contribution in [3.63, 3.8) is 0 Å². The summed E-state index contributed by atoms with van der Waals surface area (Å²) in [5.74, 6) is 0.133. The third-order valence-electron chi connectivity index (χ3n) is 6.40. The lowest BCUT2D eigenvalue weighted by Gasteiger charge is -2.22. The first kappa shape index (κ1) is 20.9. The average Bonchev–Trinajstić information content (AvgIpc) is 3.28. The van der Waals surface area contributed by atoms with Gasteiger partial charge in [0.1, 0.15) is 11.4 Å². The van der Waals surface area contributed by atoms with Gasteiger partial charge in [-0.2, -0.15) is 5.10 Å². The van der Waals surface area contributed by atoms with E-state index in [1.807, 2.05) is 30.4 Å². The van der Waals surface area contributed by atoms with Crippen LogP contribution in [0, 0.1) is 5.82 Å². The summed E-state index contributed by atoms with van der Waals surface area (Å²) in [5.41, 5.74) is 2.19. The normalized spacial score (nSPS) is 17.9. The van der Waals surface area contributed by atoms with E-state index in [0.29, 0.717) is 27.7 Å². The van der Waals surface area contributed by atoms with Gasteiger partial charge in [-0.15, -0.1) is 0 Å². The maximum Gasteiger partial charge on any atom is 0.333 e. The number of aryl methyl sites for hydroxylation is 1. The van der Waals surface area contributed by atoms with E-state index >= 15 is 4.39 Å². The Labute approximate surface area is 188 Å². The Morgan fingerprint density at radius 1 is 1.06 bits per heavy atom. The highest BCUT2D eigenvalue weighted by molar-refractivity contribution is 6.04. The summed E-state index contributed by atoms with van der Waals surface area (Å²) >= 11 is 0. The van der Waals surface area contributed by atoms with Crippen molar-refractivity contribution in [1.29, 1.82) is 0 Å². The molecule has 0 N–H and O–H groups in total. The number of rotatable bonds is 4. The van der Waals surface area contributed by atoms with Gasteiger partial charge in [0.05, 0.1) is 55.4 Å². The smallest absolute Gasteiger partial charge is 0.333 e. The molecule has 9 nitrogen and oxygen atoms in total. The zero-order valence-electron chi connectivity index (χ0n) is 18.9. The first-order chi connectivity index (χ1) is 15.9. The summed E-state index contributed by atoms with van der Waals surface area (Å²) in [6.07, 6.45) is 5.93. The number of aromatic nitrogens is 4. The van der Waals surface area contributed by atoms with E-state index in [9.17, 15) is 4.79 Å². The molecule has 5 rings (SSSR count). The van der Waals surface area contributed by atoms with Gasteiger partial charge in [-0.05, 0) is 13.0 Å². The second-order valence-electron chi connectivity index (χ2n) is 8.06. The van der Waals surface area contributed by atoms with Gasteiger partial charge < -0.3 is 9.47 Å². The van der Waals surface area contributed by atoms with Gasteiger partial charge in [0.15, 0.2) is 11.6 Å². The molecule has 0 spiro atoms. The predicted octanol–water partition coefficient (Wildman–Crippen LogP) is 2.83. The fraction of sp³-hybridized carbons (Fsp3) is 0.304. The molecule has 33 heavy (non-hydrogen) atoms. The fourth-order valence-electron chi connectivity index (χ4n) is 4.44. The van der Waals surface area contributed by atoms with Crippen LogP contribution in [0.5, 0.6) is 11.5 Å². The van der Waals surface area contributed by atoms with Crippen molar-refractivity contribution in [3.05, 3.63) is 52.6 Å². The molecule has 2 atom stereocenters. The van der Waals surface area contributed by atoms with Crippen LogP contribution in [0.25, 0.3) is 27.6 Å². The second kappa shape index (κ2) is 7.58. The van der Waals surface area contributed by atoms with E-state index in [1.165, 1.54) is 22.4 Å². The van der Waals surface area contributed by atoms with E-state index in [2.05, 4.69) is 22.0 Å². The number of hydrazone groups is 1. The summed E-state index contributed by atoms with van der Waals surface area (Å²) < 4.78 is 28.8. The first-order valence-electron chi connectivity index (χ1n) is 10.4. The summed E-state index contributed by atoms with van der Waals surface area (Å²) in [4.78, 5) is 21.7. The molecule has 10 heteroatoms. The third kappa shape index (κ3) is 2.97. The number of halogens is 1. The third-order valence-corrected chi connectivity index (χ3v) is 6.40. The molecule has 3 aromatic heterocycles. The van der Waals surface area contributed by atoms with Crippen LogP contribution in [0.1, 0.15) is 18.4 Å². The van der Waals surface area contributed by atoms with E-state index in [4.69, 9.17) is 9.47 Å². The second-order valence-corrected chi connectivity index (χ2v) is 8.06. The summed E-state index contributed by atoms with van der Waals surface area (Å²) in [6, 6.07) is 3.90. The number of ether oxygens (including phenoxy) is 2. The topological polar surface area (TPSA) is 86.8 Å². The van der Waals surface area contributed by atoms with E-state index in [1.54, 1.807) is 20.4 Å². The van der Waals surface area contributed by atoms with Crippen LogP contribution in [0.15, 0.2) is 40.6 Å². The molecule has 1 aromatic carbocycles. The van der Waals surface area contributed by atoms with Crippen molar-refractivity contribution in [3.8, 4) is 17.2 Å². The predicted molar refractivity (Wildman–Crippen MR) is 123 cm³/mol. The number of imidazole rings is 1. The number of nitrogens with zero attached hydrogens (tertiary/aromatic N) is 6. The number of methoxy groups -OCH3 is 2. The highest BCUT2D eigenvalue weighted by Gasteiger charge is 2.30. The summed E-state index contributed by atoms with van der Waals surface area (Å²) in [7, 11) is 6.57. The minimum atomic E-state index is -0.666. The molecular formula is C23H23FN6O3. The van der Waals surface area contributed by atoms with Crippen LogP contribution in [-0.4, -0.2) is 57.6 Å². The number of hydrogen-bond acceptors (Lipinski definition) is 7. The Kier molecular flexibility index (Phi) is 4.80. The van der Waals surface area contributed by atoms with E-state index < -0.39 is 11.5 Å². The molecule has 0 fully saturated rings. The molecule has 0 saturated carbocycles. The lowest BCUT2D eigenvalue weighted by atomic mass is 9.92. The van der Waals surface area contributed by atoms with Crippen molar-refractivity contribution >= 4 is 28.2 Å². The van der Waals surface area contributed by atoms with Crippen molar-refractivity contribution < 1.29 is 13.9 Å². The highest BCUT2D eigenvalue weighted by Crippen LogP contribution is 2.38. The molecule has 4 heterocycles. The Morgan fingerprint density at radius 2 is 1.82 bits per heavy atom. The molecule has 0 amide bonds. The average molecular weight is 450 g/mol. The zero-order chi connectivity index (χ0) is 23.4.